The van der Waals surface area contributed by atoms with E-state index in [9.17, 15) is 4.79 Å². The molecule has 0 aliphatic carbocycles. The molecule has 0 saturated heterocycles. The molecule has 17 heavy (non-hydrogen) atoms. The number of hydrogen-bond acceptors (Lipinski definition) is 3. The number of benzene rings is 1. The smallest absolute Gasteiger partial charge is 0.166 e. The second-order valence-corrected chi connectivity index (χ2v) is 4.08. The van der Waals surface area contributed by atoms with Crippen LogP contribution in [-0.4, -0.2) is 19.4 Å². The summed E-state index contributed by atoms with van der Waals surface area (Å²) in [5.74, 6) is 0.828. The van der Waals surface area contributed by atoms with Gasteiger partial charge in [0.05, 0.1) is 12.7 Å². The highest BCUT2D eigenvalue weighted by molar-refractivity contribution is 5.98. The van der Waals surface area contributed by atoms with Crippen LogP contribution < -0.4 is 10.5 Å². The number of ether oxygens (including phenoxy) is 1. The Morgan fingerprint density at radius 1 is 1.18 bits per heavy atom. The predicted octanol–water partition coefficient (Wildman–Crippen LogP) is 2.79. The van der Waals surface area contributed by atoms with Crippen molar-refractivity contribution < 1.29 is 9.53 Å². The van der Waals surface area contributed by atoms with E-state index in [-0.39, 0.29) is 5.78 Å². The number of carbonyl (C=O) groups is 1. The predicted molar refractivity (Wildman–Crippen MR) is 69.5 cm³/mol. The lowest BCUT2D eigenvalue weighted by atomic mass is 10.0. The molecular formula is C14H21NO2. The van der Waals surface area contributed by atoms with E-state index in [1.807, 2.05) is 24.3 Å². The highest BCUT2D eigenvalue weighted by Crippen LogP contribution is 2.20. The quantitative estimate of drug-likeness (QED) is 0.557. The van der Waals surface area contributed by atoms with Gasteiger partial charge in [0.15, 0.2) is 5.78 Å². The van der Waals surface area contributed by atoms with Gasteiger partial charge in [0.2, 0.25) is 0 Å². The number of nitrogens with two attached hydrogens (primary N) is 1. The lowest BCUT2D eigenvalue weighted by Gasteiger charge is -2.06. The fraction of sp³-hybridized carbons (Fsp3) is 0.500. The minimum atomic E-state index is 0.162. The first-order valence-corrected chi connectivity index (χ1v) is 6.16. The van der Waals surface area contributed by atoms with E-state index in [1.54, 1.807) is 7.11 Å². The first-order valence-electron chi connectivity index (χ1n) is 6.16. The van der Waals surface area contributed by atoms with E-state index < -0.39 is 0 Å². The number of Topliss-reactive ketones (excluding diaryl/α,β-unsaturated/α-hetero) is 1. The van der Waals surface area contributed by atoms with Crippen molar-refractivity contribution >= 4 is 5.78 Å². The van der Waals surface area contributed by atoms with Crippen LogP contribution >= 0.6 is 0 Å². The van der Waals surface area contributed by atoms with Crippen molar-refractivity contribution in [3.8, 4) is 5.75 Å². The van der Waals surface area contributed by atoms with Crippen LogP contribution in [0.15, 0.2) is 24.3 Å². The van der Waals surface area contributed by atoms with E-state index in [1.165, 1.54) is 0 Å². The number of ketones is 1. The van der Waals surface area contributed by atoms with Gasteiger partial charge >= 0.3 is 0 Å². The fourth-order valence-electron chi connectivity index (χ4n) is 1.79. The van der Waals surface area contributed by atoms with Gasteiger partial charge in [0, 0.05) is 6.42 Å². The van der Waals surface area contributed by atoms with Gasteiger partial charge in [-0.3, -0.25) is 4.79 Å². The Hall–Kier alpha value is -1.35. The maximum atomic E-state index is 12.0. The van der Waals surface area contributed by atoms with Crippen molar-refractivity contribution in [2.75, 3.05) is 13.7 Å². The molecule has 0 spiro atoms. The molecule has 0 radical (unpaired) electrons. The zero-order chi connectivity index (χ0) is 12.5. The zero-order valence-electron chi connectivity index (χ0n) is 10.4. The molecule has 3 nitrogen and oxygen atoms in total. The Morgan fingerprint density at radius 2 is 1.88 bits per heavy atom. The third-order valence-corrected chi connectivity index (χ3v) is 2.77. The summed E-state index contributed by atoms with van der Waals surface area (Å²) in [6.45, 7) is 0.737. The molecule has 94 valence electrons. The lowest BCUT2D eigenvalue weighted by molar-refractivity contribution is 0.0976. The van der Waals surface area contributed by atoms with Crippen LogP contribution in [-0.2, 0) is 0 Å². The summed E-state index contributed by atoms with van der Waals surface area (Å²) in [7, 11) is 1.59. The minimum absolute atomic E-state index is 0.162. The molecule has 1 aromatic carbocycles. The number of carbonyl (C=O) groups excluding carboxylic acids is 1. The highest BCUT2D eigenvalue weighted by atomic mass is 16.5. The van der Waals surface area contributed by atoms with E-state index in [0.29, 0.717) is 17.7 Å². The van der Waals surface area contributed by atoms with Crippen LogP contribution in [0.1, 0.15) is 42.5 Å². The molecule has 2 N–H and O–H groups in total. The molecule has 1 rings (SSSR count). The largest absolute Gasteiger partial charge is 0.496 e. The average molecular weight is 235 g/mol. The van der Waals surface area contributed by atoms with Crippen molar-refractivity contribution in [1.29, 1.82) is 0 Å². The molecule has 0 amide bonds. The summed E-state index contributed by atoms with van der Waals surface area (Å²) in [5.41, 5.74) is 6.10. The van der Waals surface area contributed by atoms with Crippen LogP contribution in [0.5, 0.6) is 5.75 Å². The SMILES string of the molecule is COc1ccccc1C(=O)CCCCCCN. The van der Waals surface area contributed by atoms with Gasteiger partial charge in [-0.25, -0.2) is 0 Å². The number of rotatable bonds is 8. The van der Waals surface area contributed by atoms with Crippen LogP contribution in [0.2, 0.25) is 0 Å². The van der Waals surface area contributed by atoms with Crippen molar-refractivity contribution in [2.24, 2.45) is 5.73 Å². The van der Waals surface area contributed by atoms with Gasteiger partial charge in [-0.1, -0.05) is 25.0 Å². The third-order valence-electron chi connectivity index (χ3n) is 2.77. The topological polar surface area (TPSA) is 52.3 Å². The van der Waals surface area contributed by atoms with E-state index in [0.717, 1.165) is 32.2 Å². The zero-order valence-corrected chi connectivity index (χ0v) is 10.4. The molecule has 0 aromatic heterocycles. The summed E-state index contributed by atoms with van der Waals surface area (Å²) in [6.07, 6.45) is 4.73. The Labute approximate surface area is 103 Å². The second kappa shape index (κ2) is 7.85. The van der Waals surface area contributed by atoms with E-state index in [4.69, 9.17) is 10.5 Å². The molecule has 0 heterocycles. The standard InChI is InChI=1S/C14H21NO2/c1-17-14-10-6-5-8-12(14)13(16)9-4-2-3-7-11-15/h5-6,8,10H,2-4,7,9,11,15H2,1H3. The van der Waals surface area contributed by atoms with Crippen molar-refractivity contribution in [3.05, 3.63) is 29.8 Å². The molecule has 0 aliphatic rings. The van der Waals surface area contributed by atoms with Crippen molar-refractivity contribution in [2.45, 2.75) is 32.1 Å². The van der Waals surface area contributed by atoms with Crippen LogP contribution in [0.25, 0.3) is 0 Å². The van der Waals surface area contributed by atoms with Crippen LogP contribution in [0.3, 0.4) is 0 Å². The molecular weight excluding hydrogens is 214 g/mol. The number of para-hydroxylation sites is 1. The Balaban J connectivity index is 2.41. The summed E-state index contributed by atoms with van der Waals surface area (Å²) in [4.78, 5) is 12.0. The number of hydrogen-bond donors (Lipinski definition) is 1. The Bertz CT molecular complexity index is 350. The lowest BCUT2D eigenvalue weighted by Crippen LogP contribution is -2.02. The molecule has 0 unspecified atom stereocenters. The highest BCUT2D eigenvalue weighted by Gasteiger charge is 2.10. The maximum Gasteiger partial charge on any atom is 0.166 e. The van der Waals surface area contributed by atoms with E-state index in [2.05, 4.69) is 0 Å². The van der Waals surface area contributed by atoms with Gasteiger partial charge in [-0.05, 0) is 31.5 Å². The summed E-state index contributed by atoms with van der Waals surface area (Å²) in [5, 5.41) is 0. The maximum absolute atomic E-state index is 12.0. The average Bonchev–Trinajstić information content (AvgIpc) is 2.38. The normalized spacial score (nSPS) is 10.2. The van der Waals surface area contributed by atoms with Gasteiger partial charge in [-0.15, -0.1) is 0 Å². The molecule has 0 atom stereocenters. The summed E-state index contributed by atoms with van der Waals surface area (Å²) < 4.78 is 5.17. The van der Waals surface area contributed by atoms with Gasteiger partial charge in [-0.2, -0.15) is 0 Å². The van der Waals surface area contributed by atoms with Crippen molar-refractivity contribution in [3.63, 3.8) is 0 Å². The summed E-state index contributed by atoms with van der Waals surface area (Å²) >= 11 is 0. The van der Waals surface area contributed by atoms with Crippen molar-refractivity contribution in [1.82, 2.24) is 0 Å². The molecule has 0 fully saturated rings. The first kappa shape index (κ1) is 13.7. The molecule has 1 aromatic rings. The molecule has 0 bridgehead atoms. The van der Waals surface area contributed by atoms with E-state index >= 15 is 0 Å². The Morgan fingerprint density at radius 3 is 2.59 bits per heavy atom. The minimum Gasteiger partial charge on any atom is -0.496 e. The van der Waals surface area contributed by atoms with Gasteiger partial charge < -0.3 is 10.5 Å². The number of methoxy groups -OCH3 is 1. The van der Waals surface area contributed by atoms with Gasteiger partial charge in [0.1, 0.15) is 5.75 Å². The monoisotopic (exact) mass is 235 g/mol. The molecule has 3 heteroatoms. The summed E-state index contributed by atoms with van der Waals surface area (Å²) in [6, 6.07) is 7.38. The third kappa shape index (κ3) is 4.57. The fourth-order valence-corrected chi connectivity index (χ4v) is 1.79. The Kier molecular flexibility index (Phi) is 6.33. The molecule has 0 saturated carbocycles. The van der Waals surface area contributed by atoms with Gasteiger partial charge in [0.25, 0.3) is 0 Å². The second-order valence-electron chi connectivity index (χ2n) is 4.08. The number of unbranched alkanes of at least 4 members (excludes halogenated alkanes) is 3. The first-order chi connectivity index (χ1) is 8.29. The van der Waals surface area contributed by atoms with Crippen LogP contribution in [0.4, 0.5) is 0 Å². The molecule has 0 aliphatic heterocycles. The van der Waals surface area contributed by atoms with Crippen LogP contribution in [0, 0.1) is 0 Å².